The van der Waals surface area contributed by atoms with Crippen LogP contribution in [-0.2, 0) is 16.1 Å². The van der Waals surface area contributed by atoms with Crippen molar-refractivity contribution in [3.63, 3.8) is 0 Å². The van der Waals surface area contributed by atoms with Gasteiger partial charge in [-0.1, -0.05) is 48.5 Å². The molecule has 1 fully saturated rings. The van der Waals surface area contributed by atoms with E-state index in [2.05, 4.69) is 41.0 Å². The van der Waals surface area contributed by atoms with Crippen LogP contribution < -0.4 is 4.90 Å². The van der Waals surface area contributed by atoms with Crippen molar-refractivity contribution < 1.29 is 9.59 Å². The number of rotatable bonds is 5. The van der Waals surface area contributed by atoms with Gasteiger partial charge in [-0.05, 0) is 41.6 Å². The molecule has 2 aromatic carbocycles. The number of hydrogen-bond donors (Lipinski definition) is 0. The average molecular weight is 444 g/mol. The van der Waals surface area contributed by atoms with Gasteiger partial charge >= 0.3 is 0 Å². The Labute approximate surface area is 192 Å². The molecular formula is C26H25N3O2S. The summed E-state index contributed by atoms with van der Waals surface area (Å²) >= 11 is 1.51. The number of thiophene rings is 1. The molecule has 162 valence electrons. The van der Waals surface area contributed by atoms with Gasteiger partial charge in [0.15, 0.2) is 0 Å². The first-order valence-corrected chi connectivity index (χ1v) is 11.7. The first-order chi connectivity index (χ1) is 15.6. The normalized spacial score (nSPS) is 17.0. The lowest BCUT2D eigenvalue weighted by molar-refractivity contribution is -0.138. The van der Waals surface area contributed by atoms with Crippen LogP contribution in [0.5, 0.6) is 0 Å². The largest absolute Gasteiger partial charge is 0.368 e. The summed E-state index contributed by atoms with van der Waals surface area (Å²) in [5.41, 5.74) is 4.49. The summed E-state index contributed by atoms with van der Waals surface area (Å²) in [7, 11) is 0. The minimum atomic E-state index is -0.197. The third kappa shape index (κ3) is 3.82. The zero-order valence-corrected chi connectivity index (χ0v) is 18.8. The molecule has 32 heavy (non-hydrogen) atoms. The van der Waals surface area contributed by atoms with Crippen molar-refractivity contribution in [1.82, 2.24) is 9.80 Å². The predicted octanol–water partition coefficient (Wildman–Crippen LogP) is 4.16. The van der Waals surface area contributed by atoms with Crippen molar-refractivity contribution >= 4 is 34.4 Å². The lowest BCUT2D eigenvalue weighted by Gasteiger charge is -2.37. The minimum absolute atomic E-state index is 0.189. The van der Waals surface area contributed by atoms with E-state index in [0.717, 1.165) is 23.5 Å². The van der Waals surface area contributed by atoms with E-state index < -0.39 is 0 Å². The van der Waals surface area contributed by atoms with Crippen LogP contribution in [0.2, 0.25) is 0 Å². The highest BCUT2D eigenvalue weighted by Crippen LogP contribution is 2.35. The predicted molar refractivity (Wildman–Crippen MR) is 128 cm³/mol. The van der Waals surface area contributed by atoms with E-state index in [1.54, 1.807) is 0 Å². The number of piperazine rings is 1. The zero-order chi connectivity index (χ0) is 22.1. The SMILES string of the molecule is Cc1cccc(N2CCN(C3=C(c4cccs4)C(=O)N(Cc4ccccc4)C3=O)CC2)c1. The van der Waals surface area contributed by atoms with E-state index in [9.17, 15) is 9.59 Å². The summed E-state index contributed by atoms with van der Waals surface area (Å²) in [6, 6.07) is 22.1. The molecular weight excluding hydrogens is 418 g/mol. The van der Waals surface area contributed by atoms with Gasteiger partial charge in [0.1, 0.15) is 5.70 Å². The average Bonchev–Trinajstić information content (AvgIpc) is 3.42. The highest BCUT2D eigenvalue weighted by molar-refractivity contribution is 7.11. The van der Waals surface area contributed by atoms with Gasteiger partial charge in [-0.2, -0.15) is 0 Å². The van der Waals surface area contributed by atoms with Crippen molar-refractivity contribution in [1.29, 1.82) is 0 Å². The fraction of sp³-hybridized carbons (Fsp3) is 0.231. The number of carbonyl (C=O) groups is 2. The topological polar surface area (TPSA) is 43.9 Å². The molecule has 0 bridgehead atoms. The Morgan fingerprint density at radius 1 is 0.812 bits per heavy atom. The lowest BCUT2D eigenvalue weighted by atomic mass is 10.1. The molecule has 1 aromatic heterocycles. The molecule has 0 radical (unpaired) electrons. The van der Waals surface area contributed by atoms with Crippen molar-refractivity contribution in [3.05, 3.63) is 93.8 Å². The second kappa shape index (κ2) is 8.63. The minimum Gasteiger partial charge on any atom is -0.368 e. The van der Waals surface area contributed by atoms with Crippen molar-refractivity contribution in [3.8, 4) is 0 Å². The first kappa shape index (κ1) is 20.5. The van der Waals surface area contributed by atoms with Gasteiger partial charge in [0.25, 0.3) is 11.8 Å². The highest BCUT2D eigenvalue weighted by Gasteiger charge is 2.42. The Hall–Kier alpha value is -3.38. The molecule has 5 rings (SSSR count). The van der Waals surface area contributed by atoms with E-state index in [1.165, 1.54) is 27.5 Å². The van der Waals surface area contributed by atoms with Gasteiger partial charge in [-0.15, -0.1) is 11.3 Å². The van der Waals surface area contributed by atoms with Crippen LogP contribution in [0.15, 0.2) is 77.8 Å². The summed E-state index contributed by atoms with van der Waals surface area (Å²) in [6.07, 6.45) is 0. The van der Waals surface area contributed by atoms with E-state index in [0.29, 0.717) is 30.9 Å². The van der Waals surface area contributed by atoms with Gasteiger partial charge < -0.3 is 9.80 Å². The Morgan fingerprint density at radius 3 is 2.25 bits per heavy atom. The fourth-order valence-corrected chi connectivity index (χ4v) is 5.18. The third-order valence-electron chi connectivity index (χ3n) is 6.06. The van der Waals surface area contributed by atoms with E-state index in [4.69, 9.17) is 0 Å². The van der Waals surface area contributed by atoms with Crippen LogP contribution in [0, 0.1) is 6.92 Å². The molecule has 0 N–H and O–H groups in total. The molecule has 0 spiro atoms. The number of imide groups is 1. The Morgan fingerprint density at radius 2 is 1.56 bits per heavy atom. The van der Waals surface area contributed by atoms with E-state index in [1.807, 2.05) is 47.8 Å². The van der Waals surface area contributed by atoms with Crippen LogP contribution in [0.3, 0.4) is 0 Å². The maximum Gasteiger partial charge on any atom is 0.278 e. The van der Waals surface area contributed by atoms with Gasteiger partial charge in [0.2, 0.25) is 0 Å². The van der Waals surface area contributed by atoms with Gasteiger partial charge in [-0.3, -0.25) is 14.5 Å². The Bertz CT molecular complexity index is 1160. The number of hydrogen-bond acceptors (Lipinski definition) is 5. The van der Waals surface area contributed by atoms with Gasteiger partial charge in [-0.25, -0.2) is 0 Å². The molecule has 0 unspecified atom stereocenters. The number of carbonyl (C=O) groups excluding carboxylic acids is 2. The number of aryl methyl sites for hydroxylation is 1. The second-order valence-electron chi connectivity index (χ2n) is 8.20. The van der Waals surface area contributed by atoms with Gasteiger partial charge in [0.05, 0.1) is 12.1 Å². The molecule has 1 saturated heterocycles. The molecule has 3 heterocycles. The molecule has 0 saturated carbocycles. The van der Waals surface area contributed by atoms with Crippen molar-refractivity contribution in [2.24, 2.45) is 0 Å². The molecule has 3 aromatic rings. The monoisotopic (exact) mass is 443 g/mol. The summed E-state index contributed by atoms with van der Waals surface area (Å²) in [4.78, 5) is 33.6. The molecule has 2 aliphatic heterocycles. The number of nitrogens with zero attached hydrogens (tertiary/aromatic N) is 3. The third-order valence-corrected chi connectivity index (χ3v) is 6.94. The highest BCUT2D eigenvalue weighted by atomic mass is 32.1. The summed E-state index contributed by atoms with van der Waals surface area (Å²) in [5.74, 6) is -0.385. The van der Waals surface area contributed by atoms with E-state index >= 15 is 0 Å². The molecule has 2 aliphatic rings. The Kier molecular flexibility index (Phi) is 5.53. The van der Waals surface area contributed by atoms with Crippen molar-refractivity contribution in [2.75, 3.05) is 31.1 Å². The molecule has 0 aliphatic carbocycles. The van der Waals surface area contributed by atoms with Crippen LogP contribution in [0.1, 0.15) is 16.0 Å². The number of amides is 2. The summed E-state index contributed by atoms with van der Waals surface area (Å²) in [6.45, 7) is 5.42. The first-order valence-electron chi connectivity index (χ1n) is 10.9. The Balaban J connectivity index is 1.41. The quantitative estimate of drug-likeness (QED) is 0.556. The summed E-state index contributed by atoms with van der Waals surface area (Å²) < 4.78 is 0. The molecule has 2 amide bonds. The number of benzene rings is 2. The summed E-state index contributed by atoms with van der Waals surface area (Å²) in [5, 5.41) is 1.95. The van der Waals surface area contributed by atoms with E-state index in [-0.39, 0.29) is 11.8 Å². The van der Waals surface area contributed by atoms with Crippen LogP contribution in [-0.4, -0.2) is 47.8 Å². The van der Waals surface area contributed by atoms with Crippen molar-refractivity contribution in [2.45, 2.75) is 13.5 Å². The molecule has 0 atom stereocenters. The second-order valence-corrected chi connectivity index (χ2v) is 9.14. The lowest BCUT2D eigenvalue weighted by Crippen LogP contribution is -2.47. The zero-order valence-electron chi connectivity index (χ0n) is 18.0. The molecule has 5 nitrogen and oxygen atoms in total. The van der Waals surface area contributed by atoms with Crippen LogP contribution in [0.4, 0.5) is 5.69 Å². The fourth-order valence-electron chi connectivity index (χ4n) is 4.42. The molecule has 6 heteroatoms. The van der Waals surface area contributed by atoms with Crippen LogP contribution in [0.25, 0.3) is 5.57 Å². The standard InChI is InChI=1S/C26H25N3O2S/c1-19-7-5-10-21(17-19)27-12-14-28(15-13-27)24-23(22-11-6-16-32-22)25(30)29(26(24)31)18-20-8-3-2-4-9-20/h2-11,16-17H,12-15,18H2,1H3. The van der Waals surface area contributed by atoms with Gasteiger partial charge in [0, 0.05) is 36.7 Å². The van der Waals surface area contributed by atoms with Crippen LogP contribution >= 0.6 is 11.3 Å². The maximum absolute atomic E-state index is 13.5. The number of anilines is 1. The smallest absolute Gasteiger partial charge is 0.278 e. The maximum atomic E-state index is 13.5.